The van der Waals surface area contributed by atoms with Crippen LogP contribution >= 0.6 is 15.9 Å². The van der Waals surface area contributed by atoms with E-state index in [1.54, 1.807) is 4.68 Å². The first-order valence-corrected chi connectivity index (χ1v) is 7.41. The van der Waals surface area contributed by atoms with Gasteiger partial charge in [0.2, 0.25) is 0 Å². The predicted molar refractivity (Wildman–Crippen MR) is 84.4 cm³/mol. The van der Waals surface area contributed by atoms with E-state index in [0.717, 1.165) is 32.6 Å². The van der Waals surface area contributed by atoms with Crippen molar-refractivity contribution >= 4 is 21.7 Å². The predicted octanol–water partition coefficient (Wildman–Crippen LogP) is 4.07. The van der Waals surface area contributed by atoms with Gasteiger partial charge in [0.05, 0.1) is 15.9 Å². The van der Waals surface area contributed by atoms with E-state index in [-0.39, 0.29) is 12.3 Å². The normalized spacial score (nSPS) is 10.9. The third kappa shape index (κ3) is 2.70. The number of Topliss-reactive ketones (excluding diaryl/α,β-unsaturated/α-hetero) is 1. The van der Waals surface area contributed by atoms with E-state index in [9.17, 15) is 4.79 Å². The van der Waals surface area contributed by atoms with Crippen molar-refractivity contribution in [2.75, 3.05) is 0 Å². The largest absolute Gasteiger partial charge is 0.292 e. The van der Waals surface area contributed by atoms with E-state index >= 15 is 0 Å². The van der Waals surface area contributed by atoms with Crippen LogP contribution in [-0.2, 0) is 6.54 Å². The Morgan fingerprint density at radius 2 is 1.70 bits per heavy atom. The number of aryl methyl sites for hydroxylation is 4. The fourth-order valence-electron chi connectivity index (χ4n) is 2.31. The van der Waals surface area contributed by atoms with Crippen molar-refractivity contribution in [3.63, 3.8) is 0 Å². The van der Waals surface area contributed by atoms with Gasteiger partial charge in [-0.15, -0.1) is 0 Å². The average molecular weight is 335 g/mol. The molecule has 2 aromatic rings. The first kappa shape index (κ1) is 15.0. The third-order valence-corrected chi connectivity index (χ3v) is 4.88. The number of aromatic nitrogens is 2. The maximum Gasteiger partial charge on any atom is 0.184 e. The van der Waals surface area contributed by atoms with Gasteiger partial charge in [-0.25, -0.2) is 0 Å². The number of halogens is 1. The molecule has 0 atom stereocenters. The lowest BCUT2D eigenvalue weighted by Crippen LogP contribution is -2.14. The van der Waals surface area contributed by atoms with E-state index in [4.69, 9.17) is 0 Å². The third-order valence-electron chi connectivity index (χ3n) is 3.73. The molecule has 0 unspecified atom stereocenters. The van der Waals surface area contributed by atoms with E-state index in [1.165, 1.54) is 5.56 Å². The van der Waals surface area contributed by atoms with Crippen LogP contribution in [0, 0.1) is 34.6 Å². The zero-order valence-electron chi connectivity index (χ0n) is 12.5. The Hall–Kier alpha value is -1.42. The molecule has 106 valence electrons. The summed E-state index contributed by atoms with van der Waals surface area (Å²) in [5.41, 5.74) is 6.07. The molecule has 0 radical (unpaired) electrons. The Kier molecular flexibility index (Phi) is 4.14. The van der Waals surface area contributed by atoms with Crippen molar-refractivity contribution < 1.29 is 4.79 Å². The van der Waals surface area contributed by atoms with E-state index < -0.39 is 0 Å². The van der Waals surface area contributed by atoms with Gasteiger partial charge < -0.3 is 0 Å². The Balaban J connectivity index is 2.33. The summed E-state index contributed by atoms with van der Waals surface area (Å²) >= 11 is 3.49. The van der Waals surface area contributed by atoms with Crippen LogP contribution in [-0.4, -0.2) is 15.6 Å². The number of rotatable bonds is 3. The zero-order valence-corrected chi connectivity index (χ0v) is 14.1. The molecule has 0 aliphatic carbocycles. The molecule has 0 N–H and O–H groups in total. The molecule has 0 bridgehead atoms. The summed E-state index contributed by atoms with van der Waals surface area (Å²) in [5, 5.41) is 4.39. The molecular weight excluding hydrogens is 316 g/mol. The number of carbonyl (C=O) groups excluding carboxylic acids is 1. The maximum atomic E-state index is 12.5. The highest BCUT2D eigenvalue weighted by Gasteiger charge is 2.15. The smallest absolute Gasteiger partial charge is 0.184 e. The Labute approximate surface area is 128 Å². The van der Waals surface area contributed by atoms with Crippen LogP contribution in [0.25, 0.3) is 0 Å². The highest BCUT2D eigenvalue weighted by atomic mass is 79.9. The number of benzene rings is 1. The quantitative estimate of drug-likeness (QED) is 0.793. The summed E-state index contributed by atoms with van der Waals surface area (Å²) in [7, 11) is 0. The minimum absolute atomic E-state index is 0.101. The van der Waals surface area contributed by atoms with E-state index in [0.29, 0.717) is 0 Å². The van der Waals surface area contributed by atoms with Crippen molar-refractivity contribution in [2.45, 2.75) is 41.2 Å². The molecule has 2 rings (SSSR count). The van der Waals surface area contributed by atoms with Crippen molar-refractivity contribution in [2.24, 2.45) is 0 Å². The second-order valence-corrected chi connectivity index (χ2v) is 6.11. The van der Waals surface area contributed by atoms with Gasteiger partial charge in [-0.1, -0.05) is 6.07 Å². The van der Waals surface area contributed by atoms with Gasteiger partial charge in [0.15, 0.2) is 5.78 Å². The lowest BCUT2D eigenvalue weighted by Gasteiger charge is -2.10. The van der Waals surface area contributed by atoms with Crippen LogP contribution in [0.3, 0.4) is 0 Å². The number of ketones is 1. The molecule has 20 heavy (non-hydrogen) atoms. The van der Waals surface area contributed by atoms with Gasteiger partial charge in [-0.2, -0.15) is 5.10 Å². The van der Waals surface area contributed by atoms with Gasteiger partial charge >= 0.3 is 0 Å². The Morgan fingerprint density at radius 3 is 2.25 bits per heavy atom. The fraction of sp³-hybridized carbons (Fsp3) is 0.375. The molecule has 3 nitrogen and oxygen atoms in total. The molecule has 0 spiro atoms. The van der Waals surface area contributed by atoms with E-state index in [2.05, 4.69) is 34.0 Å². The maximum absolute atomic E-state index is 12.5. The SMILES string of the molecule is Cc1cc(C)c(C(=O)Cn2nc(C)c(Br)c2C)cc1C. The van der Waals surface area contributed by atoms with Crippen molar-refractivity contribution in [1.82, 2.24) is 9.78 Å². The Bertz CT molecular complexity index is 686. The first-order chi connectivity index (χ1) is 9.31. The topological polar surface area (TPSA) is 34.9 Å². The second-order valence-electron chi connectivity index (χ2n) is 5.32. The van der Waals surface area contributed by atoms with Crippen molar-refractivity contribution in [1.29, 1.82) is 0 Å². The highest BCUT2D eigenvalue weighted by Crippen LogP contribution is 2.21. The minimum Gasteiger partial charge on any atom is -0.292 e. The molecule has 1 aromatic heterocycles. The molecule has 4 heteroatoms. The minimum atomic E-state index is 0.101. The van der Waals surface area contributed by atoms with Gasteiger partial charge in [0, 0.05) is 5.56 Å². The van der Waals surface area contributed by atoms with Crippen LogP contribution in [0.4, 0.5) is 0 Å². The lowest BCUT2D eigenvalue weighted by atomic mass is 9.98. The molecule has 0 saturated carbocycles. The summed E-state index contributed by atoms with van der Waals surface area (Å²) < 4.78 is 2.73. The molecule has 0 fully saturated rings. The summed E-state index contributed by atoms with van der Waals surface area (Å²) in [6.45, 7) is 10.3. The molecule has 0 aliphatic rings. The van der Waals surface area contributed by atoms with Crippen molar-refractivity contribution in [3.8, 4) is 0 Å². The van der Waals surface area contributed by atoms with E-state index in [1.807, 2.05) is 33.8 Å². The monoisotopic (exact) mass is 334 g/mol. The summed E-state index contributed by atoms with van der Waals surface area (Å²) in [6.07, 6.45) is 0. The second kappa shape index (κ2) is 5.52. The molecule has 0 aliphatic heterocycles. The number of nitrogens with zero attached hydrogens (tertiary/aromatic N) is 2. The number of hydrogen-bond acceptors (Lipinski definition) is 2. The molecule has 1 heterocycles. The fourth-order valence-corrected chi connectivity index (χ4v) is 2.60. The standard InChI is InChI=1S/C16H19BrN2O/c1-9-6-11(3)14(7-10(9)2)15(20)8-19-13(5)16(17)12(4)18-19/h6-7H,8H2,1-5H3. The summed E-state index contributed by atoms with van der Waals surface area (Å²) in [4.78, 5) is 12.5. The van der Waals surface area contributed by atoms with Crippen LogP contribution in [0.15, 0.2) is 16.6 Å². The molecule has 0 saturated heterocycles. The summed E-state index contributed by atoms with van der Waals surface area (Å²) in [5.74, 6) is 0.101. The molecular formula is C16H19BrN2O. The van der Waals surface area contributed by atoms with Gasteiger partial charge in [-0.3, -0.25) is 9.48 Å². The number of hydrogen-bond donors (Lipinski definition) is 0. The lowest BCUT2D eigenvalue weighted by molar-refractivity contribution is 0.0966. The van der Waals surface area contributed by atoms with Crippen molar-refractivity contribution in [3.05, 3.63) is 50.2 Å². The van der Waals surface area contributed by atoms with Crippen LogP contribution < -0.4 is 0 Å². The van der Waals surface area contributed by atoms with Gasteiger partial charge in [0.25, 0.3) is 0 Å². The number of carbonyl (C=O) groups is 1. The highest BCUT2D eigenvalue weighted by molar-refractivity contribution is 9.10. The van der Waals surface area contributed by atoms with Crippen LogP contribution in [0.5, 0.6) is 0 Å². The average Bonchev–Trinajstić information content (AvgIpc) is 2.61. The van der Waals surface area contributed by atoms with Crippen LogP contribution in [0.2, 0.25) is 0 Å². The Morgan fingerprint density at radius 1 is 1.10 bits per heavy atom. The zero-order chi connectivity index (χ0) is 15.0. The summed E-state index contributed by atoms with van der Waals surface area (Å²) in [6, 6.07) is 4.05. The molecule has 1 aromatic carbocycles. The van der Waals surface area contributed by atoms with Crippen LogP contribution in [0.1, 0.15) is 38.4 Å². The first-order valence-electron chi connectivity index (χ1n) is 6.61. The molecule has 0 amide bonds. The van der Waals surface area contributed by atoms with Gasteiger partial charge in [0.1, 0.15) is 6.54 Å². The van der Waals surface area contributed by atoms with Gasteiger partial charge in [-0.05, 0) is 73.3 Å².